The third-order valence-corrected chi connectivity index (χ3v) is 5.68. The highest BCUT2D eigenvalue weighted by Crippen LogP contribution is 2.29. The molecule has 1 atom stereocenters. The van der Waals surface area contributed by atoms with Crippen LogP contribution >= 0.6 is 0 Å². The molecule has 0 unspecified atom stereocenters. The molecule has 2 amide bonds. The molecule has 0 N–H and O–H groups in total. The van der Waals surface area contributed by atoms with Crippen LogP contribution in [0.5, 0.6) is 5.75 Å². The summed E-state index contributed by atoms with van der Waals surface area (Å²) in [7, 11) is 1.63. The number of methoxy groups -OCH3 is 1. The van der Waals surface area contributed by atoms with Crippen molar-refractivity contribution in [1.29, 1.82) is 0 Å². The van der Waals surface area contributed by atoms with E-state index in [4.69, 9.17) is 4.74 Å². The molecule has 148 valence electrons. The molecule has 7 nitrogen and oxygen atoms in total. The van der Waals surface area contributed by atoms with Gasteiger partial charge in [-0.05, 0) is 50.5 Å². The molecule has 1 aromatic heterocycles. The maximum Gasteiger partial charge on any atom is 0.242 e. The van der Waals surface area contributed by atoms with Crippen LogP contribution in [0.25, 0.3) is 11.3 Å². The Labute approximate surface area is 164 Å². The number of hydrogen-bond acceptors (Lipinski definition) is 4. The van der Waals surface area contributed by atoms with Crippen molar-refractivity contribution < 1.29 is 14.3 Å². The number of piperidine rings is 1. The van der Waals surface area contributed by atoms with Gasteiger partial charge in [0, 0.05) is 30.6 Å². The van der Waals surface area contributed by atoms with E-state index in [1.807, 2.05) is 39.9 Å². The number of likely N-dealkylation sites (tertiary alicyclic amines) is 1. The first-order valence-corrected chi connectivity index (χ1v) is 9.89. The number of ether oxygens (including phenoxy) is 1. The fourth-order valence-electron chi connectivity index (χ4n) is 4.02. The summed E-state index contributed by atoms with van der Waals surface area (Å²) in [5, 5.41) is 4.65. The van der Waals surface area contributed by atoms with E-state index in [0.717, 1.165) is 42.8 Å². The second-order valence-corrected chi connectivity index (χ2v) is 7.50. The molecule has 4 rings (SSSR count). The molecule has 3 heterocycles. The Bertz CT molecular complexity index is 874. The lowest BCUT2D eigenvalue weighted by molar-refractivity contribution is -0.134. The topological polar surface area (TPSA) is 67.7 Å². The molecule has 2 aliphatic rings. The van der Waals surface area contributed by atoms with Gasteiger partial charge in [0.1, 0.15) is 18.1 Å². The molecule has 0 bridgehead atoms. The average Bonchev–Trinajstić information content (AvgIpc) is 3.15. The number of hydrogen-bond donors (Lipinski definition) is 0. The van der Waals surface area contributed by atoms with Gasteiger partial charge >= 0.3 is 0 Å². The van der Waals surface area contributed by atoms with Crippen molar-refractivity contribution in [1.82, 2.24) is 14.7 Å². The zero-order valence-corrected chi connectivity index (χ0v) is 16.4. The van der Waals surface area contributed by atoms with Gasteiger partial charge in [-0.1, -0.05) is 0 Å². The van der Waals surface area contributed by atoms with Gasteiger partial charge in [-0.15, -0.1) is 0 Å². The number of rotatable bonds is 4. The van der Waals surface area contributed by atoms with Gasteiger partial charge in [-0.2, -0.15) is 5.10 Å². The average molecular weight is 382 g/mol. The van der Waals surface area contributed by atoms with Crippen molar-refractivity contribution in [3.8, 4) is 17.0 Å². The summed E-state index contributed by atoms with van der Waals surface area (Å²) in [5.74, 6) is 1.47. The van der Waals surface area contributed by atoms with Crippen LogP contribution in [-0.4, -0.2) is 52.7 Å². The van der Waals surface area contributed by atoms with Gasteiger partial charge in [0.25, 0.3) is 0 Å². The molecular formula is C21H26N4O3. The van der Waals surface area contributed by atoms with Crippen molar-refractivity contribution in [2.45, 2.75) is 45.2 Å². The Balaban J connectivity index is 1.57. The molecule has 0 spiro atoms. The summed E-state index contributed by atoms with van der Waals surface area (Å²) >= 11 is 0. The number of fused-ring (bicyclic) bond motifs is 1. The van der Waals surface area contributed by atoms with Crippen molar-refractivity contribution in [2.75, 3.05) is 25.1 Å². The first kappa shape index (κ1) is 18.5. The maximum atomic E-state index is 12.9. The molecule has 0 aliphatic carbocycles. The summed E-state index contributed by atoms with van der Waals surface area (Å²) < 4.78 is 7.03. The number of amides is 2. The third kappa shape index (κ3) is 3.48. The largest absolute Gasteiger partial charge is 0.497 e. The number of aromatic nitrogens is 2. The number of aryl methyl sites for hydroxylation is 1. The Morgan fingerprint density at radius 3 is 2.71 bits per heavy atom. The zero-order valence-electron chi connectivity index (χ0n) is 16.4. The summed E-state index contributed by atoms with van der Waals surface area (Å²) in [4.78, 5) is 29.0. The van der Waals surface area contributed by atoms with Crippen LogP contribution in [0.3, 0.4) is 0 Å². The molecule has 28 heavy (non-hydrogen) atoms. The van der Waals surface area contributed by atoms with Crippen LogP contribution < -0.4 is 9.64 Å². The zero-order chi connectivity index (χ0) is 19.7. The number of carbonyl (C=O) groups is 2. The van der Waals surface area contributed by atoms with E-state index in [0.29, 0.717) is 18.8 Å². The minimum atomic E-state index is -0.0216. The van der Waals surface area contributed by atoms with Crippen LogP contribution in [0.2, 0.25) is 0 Å². The Morgan fingerprint density at radius 2 is 2.00 bits per heavy atom. The Hall–Kier alpha value is -2.83. The van der Waals surface area contributed by atoms with E-state index in [1.54, 1.807) is 12.0 Å². The molecule has 2 aliphatic heterocycles. The summed E-state index contributed by atoms with van der Waals surface area (Å²) in [6.07, 6.45) is 3.58. The second-order valence-electron chi connectivity index (χ2n) is 7.50. The van der Waals surface area contributed by atoms with Gasteiger partial charge in [0.2, 0.25) is 11.8 Å². The number of carbonyl (C=O) groups excluding carboxylic acids is 2. The molecule has 1 aromatic carbocycles. The fourth-order valence-corrected chi connectivity index (χ4v) is 4.02. The van der Waals surface area contributed by atoms with E-state index >= 15 is 0 Å². The number of anilines is 1. The molecule has 7 heteroatoms. The number of benzene rings is 1. The van der Waals surface area contributed by atoms with Crippen molar-refractivity contribution >= 4 is 17.6 Å². The first-order valence-electron chi connectivity index (χ1n) is 9.89. The lowest BCUT2D eigenvalue weighted by Crippen LogP contribution is -2.49. The quantitative estimate of drug-likeness (QED) is 0.815. The fraction of sp³-hybridized carbons (Fsp3) is 0.476. The van der Waals surface area contributed by atoms with Crippen LogP contribution in [0.1, 0.15) is 32.6 Å². The molecule has 1 fully saturated rings. The molecule has 0 radical (unpaired) electrons. The SMILES string of the molecule is COc1ccc(-c2cc3n(n2)CCC(=O)N3CC(=O)N2CCCC[C@@H]2C)cc1. The number of nitrogens with zero attached hydrogens (tertiary/aromatic N) is 4. The lowest BCUT2D eigenvalue weighted by atomic mass is 10.0. The highest BCUT2D eigenvalue weighted by molar-refractivity contribution is 5.99. The van der Waals surface area contributed by atoms with Crippen molar-refractivity contribution in [3.63, 3.8) is 0 Å². The normalized spacial score (nSPS) is 19.5. The summed E-state index contributed by atoms with van der Waals surface area (Å²) in [5.41, 5.74) is 1.74. The van der Waals surface area contributed by atoms with Gasteiger partial charge in [0.05, 0.1) is 19.3 Å². The van der Waals surface area contributed by atoms with Crippen LogP contribution in [-0.2, 0) is 16.1 Å². The van der Waals surface area contributed by atoms with Gasteiger partial charge in [-0.3, -0.25) is 14.5 Å². The second kappa shape index (κ2) is 7.66. The highest BCUT2D eigenvalue weighted by Gasteiger charge is 2.31. The molecule has 2 aromatic rings. The maximum absolute atomic E-state index is 12.9. The minimum Gasteiger partial charge on any atom is -0.497 e. The monoisotopic (exact) mass is 382 g/mol. The molecule has 0 saturated carbocycles. The van der Waals surface area contributed by atoms with Gasteiger partial charge < -0.3 is 9.64 Å². The molecule has 1 saturated heterocycles. The highest BCUT2D eigenvalue weighted by atomic mass is 16.5. The summed E-state index contributed by atoms with van der Waals surface area (Å²) in [6, 6.07) is 9.79. The van der Waals surface area contributed by atoms with E-state index in [9.17, 15) is 9.59 Å². The van der Waals surface area contributed by atoms with Gasteiger partial charge in [-0.25, -0.2) is 4.68 Å². The van der Waals surface area contributed by atoms with Crippen LogP contribution in [0.4, 0.5) is 5.82 Å². The third-order valence-electron chi connectivity index (χ3n) is 5.68. The first-order chi connectivity index (χ1) is 13.6. The molecular weight excluding hydrogens is 356 g/mol. The smallest absolute Gasteiger partial charge is 0.242 e. The predicted molar refractivity (Wildman–Crippen MR) is 106 cm³/mol. The van der Waals surface area contributed by atoms with Crippen LogP contribution in [0.15, 0.2) is 30.3 Å². The van der Waals surface area contributed by atoms with Gasteiger partial charge in [0.15, 0.2) is 0 Å². The Kier molecular flexibility index (Phi) is 5.07. The van der Waals surface area contributed by atoms with Crippen molar-refractivity contribution in [2.24, 2.45) is 0 Å². The Morgan fingerprint density at radius 1 is 1.21 bits per heavy atom. The minimum absolute atomic E-state index is 0.0150. The van der Waals surface area contributed by atoms with E-state index < -0.39 is 0 Å². The lowest BCUT2D eigenvalue weighted by Gasteiger charge is -2.35. The summed E-state index contributed by atoms with van der Waals surface area (Å²) in [6.45, 7) is 3.48. The van der Waals surface area contributed by atoms with Crippen molar-refractivity contribution in [3.05, 3.63) is 30.3 Å². The van der Waals surface area contributed by atoms with E-state index in [1.165, 1.54) is 0 Å². The van der Waals surface area contributed by atoms with E-state index in [-0.39, 0.29) is 24.4 Å². The standard InChI is InChI=1S/C21H26N4O3/c1-15-5-3-4-11-23(15)21(27)14-24-19-13-18(22-25(19)12-10-20(24)26)16-6-8-17(28-2)9-7-16/h6-9,13,15H,3-5,10-12,14H2,1-2H3/t15-/m0/s1. The predicted octanol–water partition coefficient (Wildman–Crippen LogP) is 2.70. The van der Waals surface area contributed by atoms with E-state index in [2.05, 4.69) is 12.0 Å². The van der Waals surface area contributed by atoms with Crippen LogP contribution in [0, 0.1) is 0 Å².